The molecule has 0 saturated heterocycles. The Hall–Kier alpha value is -1.32. The van der Waals surface area contributed by atoms with Gasteiger partial charge in [-0.2, -0.15) is 5.26 Å². The van der Waals surface area contributed by atoms with E-state index >= 15 is 0 Å². The van der Waals surface area contributed by atoms with Crippen LogP contribution in [0.3, 0.4) is 0 Å². The minimum atomic E-state index is -2.32. The number of rotatable bonds is 16. The first kappa shape index (κ1) is 32.9. The molecule has 210 valence electrons. The molecule has 0 unspecified atom stereocenters. The normalized spacial score (nSPS) is 12.9. The van der Waals surface area contributed by atoms with Gasteiger partial charge in [0.2, 0.25) is 0 Å². The third-order valence-electron chi connectivity index (χ3n) is 6.74. The van der Waals surface area contributed by atoms with E-state index in [0.717, 1.165) is 18.0 Å². The van der Waals surface area contributed by atoms with Crippen molar-refractivity contribution in [1.29, 1.82) is 5.26 Å². The average Bonchev–Trinajstić information content (AvgIpc) is 2.81. The molecule has 0 N–H and O–H groups in total. The zero-order valence-electron chi connectivity index (χ0n) is 25.4. The van der Waals surface area contributed by atoms with Crippen molar-refractivity contribution in [3.8, 4) is 17.2 Å². The van der Waals surface area contributed by atoms with E-state index in [9.17, 15) is 0 Å². The summed E-state index contributed by atoms with van der Waals surface area (Å²) >= 11 is 0. The van der Waals surface area contributed by atoms with Crippen LogP contribution in [0.5, 0.6) is 0 Å². The highest BCUT2D eigenvalue weighted by Gasteiger charge is 2.43. The van der Waals surface area contributed by atoms with E-state index in [-0.39, 0.29) is 0 Å². The minimum absolute atomic E-state index is 0.689. The van der Waals surface area contributed by atoms with Gasteiger partial charge in [0.05, 0.1) is 11.6 Å². The maximum absolute atomic E-state index is 9.02. The van der Waals surface area contributed by atoms with Crippen LogP contribution in [-0.2, 0) is 18.8 Å². The van der Waals surface area contributed by atoms with Crippen LogP contribution in [-0.4, -0.2) is 33.8 Å². The van der Waals surface area contributed by atoms with Crippen molar-refractivity contribution in [1.82, 2.24) is 0 Å². The predicted octanol–water partition coefficient (Wildman–Crippen LogP) is 9.60. The fourth-order valence-electron chi connectivity index (χ4n) is 5.27. The molecule has 0 atom stereocenters. The number of hydrogen-bond donors (Lipinski definition) is 0. The van der Waals surface area contributed by atoms with Gasteiger partial charge in [-0.15, -0.1) is 0 Å². The molecule has 4 nitrogen and oxygen atoms in total. The summed E-state index contributed by atoms with van der Waals surface area (Å²) in [6.45, 7) is 20.4. The molecule has 2 aromatic rings. The van der Waals surface area contributed by atoms with Gasteiger partial charge in [-0.1, -0.05) is 75.4 Å². The van der Waals surface area contributed by atoms with Crippen molar-refractivity contribution < 1.29 is 12.3 Å². The molecule has 0 aliphatic rings. The summed E-state index contributed by atoms with van der Waals surface area (Å²) in [5, 5.41) is 9.02. The van der Waals surface area contributed by atoms with E-state index in [1.165, 1.54) is 49.3 Å². The monoisotopic (exact) mass is 585 g/mol. The highest BCUT2D eigenvalue weighted by atomic mass is 28.5. The molecule has 0 amide bonds. The van der Waals surface area contributed by atoms with Crippen molar-refractivity contribution in [3.63, 3.8) is 0 Å². The number of nitriles is 1. The van der Waals surface area contributed by atoms with E-state index < -0.39 is 33.8 Å². The molecular formula is C30H51NO3Si4. The zero-order chi connectivity index (χ0) is 28.5. The fraction of sp³-hybridized carbons (Fsp3) is 0.567. The second-order valence-corrected chi connectivity index (χ2v) is 28.8. The van der Waals surface area contributed by atoms with Crippen molar-refractivity contribution in [2.24, 2.45) is 0 Å². The van der Waals surface area contributed by atoms with Gasteiger partial charge < -0.3 is 12.3 Å². The summed E-state index contributed by atoms with van der Waals surface area (Å²) in [7, 11) is -8.27. The second-order valence-electron chi connectivity index (χ2n) is 12.7. The molecule has 8 heteroatoms. The lowest BCUT2D eigenvalue weighted by atomic mass is 10.0. The molecule has 2 rings (SSSR count). The van der Waals surface area contributed by atoms with Gasteiger partial charge in [-0.05, 0) is 99.7 Å². The third-order valence-corrected chi connectivity index (χ3v) is 22.0. The van der Waals surface area contributed by atoms with Crippen molar-refractivity contribution >= 4 is 33.8 Å². The molecule has 0 radical (unpaired) electrons. The van der Waals surface area contributed by atoms with Crippen molar-refractivity contribution in [2.45, 2.75) is 110 Å². The molecule has 38 heavy (non-hydrogen) atoms. The maximum atomic E-state index is 9.02. The summed E-state index contributed by atoms with van der Waals surface area (Å²) in [4.78, 5) is 0. The van der Waals surface area contributed by atoms with Gasteiger partial charge in [-0.3, -0.25) is 0 Å². The Morgan fingerprint density at radius 1 is 0.605 bits per heavy atom. The molecular weight excluding hydrogens is 535 g/mol. The van der Waals surface area contributed by atoms with Gasteiger partial charge in [0.25, 0.3) is 0 Å². The number of hydrogen-bond acceptors (Lipinski definition) is 4. The van der Waals surface area contributed by atoms with E-state index in [0.29, 0.717) is 5.56 Å². The number of aryl methyl sites for hydroxylation is 1. The molecule has 0 heterocycles. The van der Waals surface area contributed by atoms with Gasteiger partial charge in [0, 0.05) is 0 Å². The first-order valence-electron chi connectivity index (χ1n) is 14.4. The Kier molecular flexibility index (Phi) is 12.4. The summed E-state index contributed by atoms with van der Waals surface area (Å²) in [6, 6.07) is 21.0. The largest absolute Gasteiger partial charge is 0.436 e. The summed E-state index contributed by atoms with van der Waals surface area (Å²) < 4.78 is 20.4. The first-order chi connectivity index (χ1) is 17.7. The van der Waals surface area contributed by atoms with Gasteiger partial charge in [0.1, 0.15) is 0 Å². The topological polar surface area (TPSA) is 51.5 Å². The molecule has 0 aliphatic carbocycles. The molecule has 0 bridgehead atoms. The van der Waals surface area contributed by atoms with Crippen LogP contribution in [0.15, 0.2) is 48.5 Å². The predicted molar refractivity (Wildman–Crippen MR) is 172 cm³/mol. The van der Waals surface area contributed by atoms with Gasteiger partial charge in [-0.25, -0.2) is 0 Å². The van der Waals surface area contributed by atoms with E-state index in [1.54, 1.807) is 0 Å². The molecule has 0 fully saturated rings. The quantitative estimate of drug-likeness (QED) is 0.145. The highest BCUT2D eigenvalue weighted by molar-refractivity contribution is 6.89. The second kappa shape index (κ2) is 14.4. The molecule has 0 aromatic heterocycles. The van der Waals surface area contributed by atoms with Gasteiger partial charge in [0.15, 0.2) is 16.6 Å². The smallest absolute Gasteiger partial charge is 0.312 e. The van der Waals surface area contributed by atoms with Crippen LogP contribution >= 0.6 is 0 Å². The van der Waals surface area contributed by atoms with Crippen molar-refractivity contribution in [3.05, 3.63) is 59.7 Å². The van der Waals surface area contributed by atoms with Crippen LogP contribution in [0, 0.1) is 11.3 Å². The average molecular weight is 586 g/mol. The lowest BCUT2D eigenvalue weighted by Crippen LogP contribution is -2.56. The molecule has 0 aliphatic heterocycles. The van der Waals surface area contributed by atoms with Crippen LogP contribution in [0.4, 0.5) is 0 Å². The fourth-order valence-corrected chi connectivity index (χ4v) is 24.5. The lowest BCUT2D eigenvalue weighted by molar-refractivity contribution is 0.327. The highest BCUT2D eigenvalue weighted by Crippen LogP contribution is 2.28. The SMILES string of the molecule is CCCCCCC[Si](C)(C)O[Si](C)(C)O[Si](C)(C)O[Si](C)(C)CCc1ccc(-c2ccc(C#N)cc2)cc1. The minimum Gasteiger partial charge on any atom is -0.436 e. The Bertz CT molecular complexity index is 1030. The maximum Gasteiger partial charge on any atom is 0.312 e. The summed E-state index contributed by atoms with van der Waals surface area (Å²) in [5.41, 5.74) is 4.33. The van der Waals surface area contributed by atoms with Crippen LogP contribution < -0.4 is 0 Å². The summed E-state index contributed by atoms with van der Waals surface area (Å²) in [5.74, 6) is 0. The standard InChI is InChI=1S/C30H51NO3Si4/c1-10-11-12-13-14-24-35(2,3)32-37(6,7)34-38(8,9)33-36(4,5)25-23-27-15-19-29(20-16-27)30-21-17-28(26-31)18-22-30/h15-22H,10-14,23-25H2,1-9H3. The molecule has 0 saturated carbocycles. The Morgan fingerprint density at radius 2 is 1.08 bits per heavy atom. The molecule has 0 spiro atoms. The zero-order valence-corrected chi connectivity index (χ0v) is 29.4. The Labute approximate surface area is 237 Å². The van der Waals surface area contributed by atoms with Crippen molar-refractivity contribution in [2.75, 3.05) is 0 Å². The Balaban J connectivity index is 1.88. The molecule has 2 aromatic carbocycles. The first-order valence-corrected chi connectivity index (χ1v) is 26.2. The number of unbranched alkanes of at least 4 members (excludes halogenated alkanes) is 4. The van der Waals surface area contributed by atoms with Gasteiger partial charge >= 0.3 is 17.1 Å². The number of benzene rings is 2. The third kappa shape index (κ3) is 12.2. The lowest BCUT2D eigenvalue weighted by Gasteiger charge is -2.41. The van der Waals surface area contributed by atoms with E-state index in [4.69, 9.17) is 17.6 Å². The van der Waals surface area contributed by atoms with E-state index in [2.05, 4.69) is 89.6 Å². The summed E-state index contributed by atoms with van der Waals surface area (Å²) in [6.07, 6.45) is 7.57. The Morgan fingerprint density at radius 3 is 1.58 bits per heavy atom. The van der Waals surface area contributed by atoms with Crippen LogP contribution in [0.25, 0.3) is 11.1 Å². The van der Waals surface area contributed by atoms with Crippen LogP contribution in [0.1, 0.15) is 50.2 Å². The van der Waals surface area contributed by atoms with Crippen LogP contribution in [0.2, 0.25) is 64.5 Å². The van der Waals surface area contributed by atoms with E-state index in [1.807, 2.05) is 24.3 Å². The number of nitrogens with zero attached hydrogens (tertiary/aromatic N) is 1.